The van der Waals surface area contributed by atoms with Gasteiger partial charge in [-0.25, -0.2) is 0 Å². The van der Waals surface area contributed by atoms with Gasteiger partial charge in [0.05, 0.1) is 53.7 Å². The molecule has 46 heavy (non-hydrogen) atoms. The van der Waals surface area contributed by atoms with E-state index in [2.05, 4.69) is 11.7 Å². The van der Waals surface area contributed by atoms with Crippen molar-refractivity contribution in [2.24, 2.45) is 0 Å². The van der Waals surface area contributed by atoms with Crippen LogP contribution < -0.4 is 0 Å². The maximum absolute atomic E-state index is 14.1. The highest BCUT2D eigenvalue weighted by Gasteiger charge is 2.90. The first-order valence-corrected chi connectivity index (χ1v) is 15.4. The fourth-order valence-corrected chi connectivity index (χ4v) is 5.04. The van der Waals surface area contributed by atoms with Crippen LogP contribution in [0.3, 0.4) is 0 Å². The first-order chi connectivity index (χ1) is 20.7. The van der Waals surface area contributed by atoms with Crippen LogP contribution in [0.5, 0.6) is 0 Å². The van der Waals surface area contributed by atoms with Gasteiger partial charge in [0.25, 0.3) is 0 Å². The van der Waals surface area contributed by atoms with Gasteiger partial charge in [-0.05, 0) is 6.42 Å². The van der Waals surface area contributed by atoms with Gasteiger partial charge in [0.15, 0.2) is 0 Å². The average Bonchev–Trinajstić information content (AvgIpc) is 2.89. The number of hydrogen-bond acceptors (Lipinski definition) is 5. The predicted octanol–water partition coefficient (Wildman–Crippen LogP) is 8.54. The Kier molecular flexibility index (Phi) is 17.0. The number of carbonyl (C=O) groups is 2. The Labute approximate surface area is 263 Å². The molecule has 0 amide bonds. The van der Waals surface area contributed by atoms with Crippen LogP contribution in [0.2, 0.25) is 0 Å². The van der Waals surface area contributed by atoms with E-state index in [0.29, 0.717) is 17.4 Å². The van der Waals surface area contributed by atoms with Crippen LogP contribution in [0, 0.1) is 0 Å². The summed E-state index contributed by atoms with van der Waals surface area (Å²) in [5.74, 6) is -39.8. The molecule has 0 heterocycles. The lowest BCUT2D eigenvalue weighted by Gasteiger charge is -2.39. The molecular weight excluding hydrogens is 681 g/mol. The van der Waals surface area contributed by atoms with Crippen LogP contribution in [-0.4, -0.2) is 104 Å². The van der Waals surface area contributed by atoms with Crippen molar-refractivity contribution in [3.8, 4) is 0 Å². The van der Waals surface area contributed by atoms with Gasteiger partial charge in [0, 0.05) is 5.75 Å². The summed E-state index contributed by atoms with van der Waals surface area (Å²) in [6.07, 6.45) is -3.31. The summed E-state index contributed by atoms with van der Waals surface area (Å²) in [5, 5.41) is -1.47. The molecule has 0 aliphatic heterocycles. The maximum atomic E-state index is 14.1. The van der Waals surface area contributed by atoms with E-state index in [9.17, 15) is 66.7 Å². The predicted molar refractivity (Wildman–Crippen MR) is 144 cm³/mol. The van der Waals surface area contributed by atoms with Crippen molar-refractivity contribution in [3.05, 3.63) is 0 Å². The Morgan fingerprint density at radius 1 is 0.652 bits per heavy atom. The van der Waals surface area contributed by atoms with E-state index in [1.165, 1.54) is 0 Å². The molecule has 0 aromatic heterocycles. The number of thioether (sulfide) groups is 1. The van der Waals surface area contributed by atoms with Crippen molar-refractivity contribution in [2.45, 2.75) is 112 Å². The molecule has 0 saturated heterocycles. The quantitative estimate of drug-likeness (QED) is 0.0458. The van der Waals surface area contributed by atoms with Crippen LogP contribution in [0.4, 0.5) is 57.1 Å². The number of carbonyl (C=O) groups excluding carboxylic acids is 2. The fraction of sp³-hybridized carbons (Fsp3) is 0.926. The Hall–Kier alpha value is -1.66. The number of unbranched alkanes of at least 4 members (excludes halogenated alkanes) is 7. The van der Waals surface area contributed by atoms with Gasteiger partial charge in [-0.3, -0.25) is 9.59 Å². The summed E-state index contributed by atoms with van der Waals surface area (Å²) in [6.45, 7) is 0.585. The zero-order chi connectivity index (χ0) is 36.3. The maximum Gasteiger partial charge on any atom is 0.460 e. The van der Waals surface area contributed by atoms with E-state index < -0.39 is 72.4 Å². The molecule has 0 radical (unpaired) electrons. The van der Waals surface area contributed by atoms with Gasteiger partial charge < -0.3 is 14.0 Å². The Bertz CT molecular complexity index is 942. The summed E-state index contributed by atoms with van der Waals surface area (Å²) >= 11 is 0.782. The van der Waals surface area contributed by atoms with Crippen LogP contribution in [0.15, 0.2) is 0 Å². The lowest BCUT2D eigenvalue weighted by Crippen LogP contribution is -2.70. The van der Waals surface area contributed by atoms with E-state index in [1.54, 1.807) is 21.1 Å². The first kappa shape index (κ1) is 44.3. The SMILES string of the molecule is CCCCCCCCCCOC(=O)CC(SCC[N+](C)(C)C)C(=O)OCCC(F)(F)C(F)(F)C(F)(F)C(F)(F)C(F)(F)C(F)(F)F. The molecule has 1 unspecified atom stereocenters. The standard InChI is InChI=1S/C27H41F13NO4S/c1-5-6-7-8-9-10-11-12-15-44-20(42)18-19(46-17-14-41(2,3)4)21(43)45-16-13-22(28,29)23(30,31)24(32,33)25(34,35)26(36,37)27(38,39)40/h19H,5-18H2,1-4H3/q+1. The molecule has 0 aromatic rings. The molecule has 274 valence electrons. The van der Waals surface area contributed by atoms with Crippen molar-refractivity contribution in [1.29, 1.82) is 0 Å². The smallest absolute Gasteiger partial charge is 0.460 e. The fourth-order valence-electron chi connectivity index (χ4n) is 3.64. The minimum absolute atomic E-state index is 0.00730. The number of nitrogens with zero attached hydrogens (tertiary/aromatic N) is 1. The number of esters is 2. The normalized spacial score (nSPS) is 14.7. The van der Waals surface area contributed by atoms with Crippen molar-refractivity contribution in [1.82, 2.24) is 0 Å². The third-order valence-electron chi connectivity index (χ3n) is 6.62. The van der Waals surface area contributed by atoms with Gasteiger partial charge in [-0.1, -0.05) is 51.9 Å². The first-order valence-electron chi connectivity index (χ1n) is 14.4. The minimum atomic E-state index is -8.01. The second kappa shape index (κ2) is 17.7. The van der Waals surface area contributed by atoms with E-state index in [1.807, 2.05) is 0 Å². The highest BCUT2D eigenvalue weighted by atomic mass is 32.2. The van der Waals surface area contributed by atoms with Crippen LogP contribution in [0.1, 0.15) is 71.1 Å². The van der Waals surface area contributed by atoms with Gasteiger partial charge in [0.1, 0.15) is 5.25 Å². The summed E-state index contributed by atoms with van der Waals surface area (Å²) < 4.78 is 183. The van der Waals surface area contributed by atoms with Crippen molar-refractivity contribution < 1.29 is 80.6 Å². The topological polar surface area (TPSA) is 52.6 Å². The minimum Gasteiger partial charge on any atom is -0.466 e. The van der Waals surface area contributed by atoms with Gasteiger partial charge in [0.2, 0.25) is 0 Å². The van der Waals surface area contributed by atoms with Crippen LogP contribution in [-0.2, 0) is 19.1 Å². The third kappa shape index (κ3) is 12.4. The monoisotopic (exact) mass is 722 g/mol. The number of ether oxygens (including phenoxy) is 2. The zero-order valence-electron chi connectivity index (χ0n) is 25.9. The molecule has 5 nitrogen and oxygen atoms in total. The van der Waals surface area contributed by atoms with Crippen LogP contribution in [0.25, 0.3) is 0 Å². The van der Waals surface area contributed by atoms with Gasteiger partial charge in [-0.2, -0.15) is 57.1 Å². The summed E-state index contributed by atoms with van der Waals surface area (Å²) in [7, 11) is 5.29. The molecule has 0 bridgehead atoms. The third-order valence-corrected chi connectivity index (χ3v) is 7.80. The second-order valence-corrected chi connectivity index (χ2v) is 13.0. The highest BCUT2D eigenvalue weighted by Crippen LogP contribution is 2.60. The van der Waals surface area contributed by atoms with E-state index >= 15 is 0 Å². The molecule has 0 aliphatic rings. The lowest BCUT2D eigenvalue weighted by atomic mass is 9.93. The molecule has 0 fully saturated rings. The molecular formula is C27H41F13NO4S+. The van der Waals surface area contributed by atoms with Crippen molar-refractivity contribution in [2.75, 3.05) is 46.7 Å². The van der Waals surface area contributed by atoms with Gasteiger partial charge in [-0.15, -0.1) is 11.8 Å². The zero-order valence-corrected chi connectivity index (χ0v) is 26.7. The molecule has 0 saturated carbocycles. The molecule has 0 aliphatic carbocycles. The Morgan fingerprint density at radius 2 is 1.13 bits per heavy atom. The number of rotatable bonds is 23. The Balaban J connectivity index is 5.38. The Morgan fingerprint density at radius 3 is 1.61 bits per heavy atom. The van der Waals surface area contributed by atoms with Crippen molar-refractivity contribution in [3.63, 3.8) is 0 Å². The summed E-state index contributed by atoms with van der Waals surface area (Å²) in [6, 6.07) is 0. The second-order valence-electron chi connectivity index (χ2n) is 11.7. The average molecular weight is 723 g/mol. The molecule has 0 aromatic carbocycles. The lowest BCUT2D eigenvalue weighted by molar-refractivity contribution is -0.867. The van der Waals surface area contributed by atoms with Gasteiger partial charge >= 0.3 is 47.7 Å². The molecule has 0 N–H and O–H groups in total. The van der Waals surface area contributed by atoms with E-state index in [0.717, 1.165) is 56.7 Å². The van der Waals surface area contributed by atoms with E-state index in [4.69, 9.17) is 4.74 Å². The largest absolute Gasteiger partial charge is 0.466 e. The van der Waals surface area contributed by atoms with Crippen molar-refractivity contribution >= 4 is 23.7 Å². The molecule has 1 atom stereocenters. The van der Waals surface area contributed by atoms with Crippen LogP contribution >= 0.6 is 11.8 Å². The number of alkyl halides is 13. The number of hydrogen-bond donors (Lipinski definition) is 0. The number of halogens is 13. The number of quaternary nitrogens is 1. The summed E-state index contributed by atoms with van der Waals surface area (Å²) in [5.41, 5.74) is 0. The van der Waals surface area contributed by atoms with E-state index in [-0.39, 0.29) is 12.4 Å². The summed E-state index contributed by atoms with van der Waals surface area (Å²) in [4.78, 5) is 24.8. The molecule has 0 rings (SSSR count). The highest BCUT2D eigenvalue weighted by molar-refractivity contribution is 8.00. The molecule has 19 heteroatoms. The molecule has 0 spiro atoms.